The lowest BCUT2D eigenvalue weighted by Gasteiger charge is -2.12. The fourth-order valence-electron chi connectivity index (χ4n) is 2.94. The van der Waals surface area contributed by atoms with Crippen molar-refractivity contribution in [3.05, 3.63) is 83.3 Å². The summed E-state index contributed by atoms with van der Waals surface area (Å²) in [6.45, 7) is 0. The van der Waals surface area contributed by atoms with E-state index in [1.165, 1.54) is 24.3 Å². The van der Waals surface area contributed by atoms with Gasteiger partial charge in [-0.3, -0.25) is 4.79 Å². The third-order valence-corrected chi connectivity index (χ3v) is 4.17. The second-order valence-corrected chi connectivity index (χ2v) is 6.19. The summed E-state index contributed by atoms with van der Waals surface area (Å²) in [6, 6.07) is 18.2. The Bertz CT molecular complexity index is 1200. The van der Waals surface area contributed by atoms with Gasteiger partial charge in [0.25, 0.3) is 5.56 Å². The molecule has 4 rings (SSSR count). The van der Waals surface area contributed by atoms with Crippen LogP contribution in [0.2, 0.25) is 0 Å². The molecule has 2 heterocycles. The number of aromatic nitrogens is 2. The van der Waals surface area contributed by atoms with Gasteiger partial charge in [-0.25, -0.2) is 4.98 Å². The van der Waals surface area contributed by atoms with Gasteiger partial charge >= 0.3 is 6.36 Å². The molecular formula is C21H14F3N3O2. The monoisotopic (exact) mass is 397 g/mol. The summed E-state index contributed by atoms with van der Waals surface area (Å²) >= 11 is 0. The summed E-state index contributed by atoms with van der Waals surface area (Å²) < 4.78 is 40.9. The molecule has 146 valence electrons. The van der Waals surface area contributed by atoms with E-state index in [0.717, 1.165) is 5.56 Å². The Morgan fingerprint density at radius 2 is 1.69 bits per heavy atom. The molecule has 2 N–H and O–H groups in total. The number of benzene rings is 2. The number of hydrogen-bond acceptors (Lipinski definition) is 4. The molecule has 4 aromatic rings. The number of halogens is 3. The molecule has 0 unspecified atom stereocenters. The highest BCUT2D eigenvalue weighted by Gasteiger charge is 2.30. The van der Waals surface area contributed by atoms with E-state index < -0.39 is 6.36 Å². The van der Waals surface area contributed by atoms with Crippen LogP contribution in [0.4, 0.5) is 24.7 Å². The maximum absolute atomic E-state index is 12.4. The summed E-state index contributed by atoms with van der Waals surface area (Å²) in [5.74, 6) is -0.0376. The fourth-order valence-corrected chi connectivity index (χ4v) is 2.94. The number of alkyl halides is 3. The maximum Gasteiger partial charge on any atom is 0.573 e. The molecule has 0 aliphatic carbocycles. The van der Waals surface area contributed by atoms with Crippen LogP contribution >= 0.6 is 0 Å². The summed E-state index contributed by atoms with van der Waals surface area (Å²) in [6.07, 6.45) is -3.21. The molecule has 29 heavy (non-hydrogen) atoms. The van der Waals surface area contributed by atoms with Crippen molar-refractivity contribution in [1.29, 1.82) is 0 Å². The second kappa shape index (κ2) is 7.31. The number of fused-ring (bicyclic) bond motifs is 1. The largest absolute Gasteiger partial charge is 0.573 e. The lowest BCUT2D eigenvalue weighted by Crippen LogP contribution is -2.17. The first-order valence-corrected chi connectivity index (χ1v) is 8.60. The predicted octanol–water partition coefficient (Wildman–Crippen LogP) is 5.23. The van der Waals surface area contributed by atoms with Crippen LogP contribution in [-0.4, -0.2) is 16.3 Å². The van der Waals surface area contributed by atoms with Crippen LogP contribution in [0.5, 0.6) is 5.75 Å². The topological polar surface area (TPSA) is 67.0 Å². The highest BCUT2D eigenvalue weighted by molar-refractivity contribution is 5.95. The average Bonchev–Trinajstić information content (AvgIpc) is 2.69. The van der Waals surface area contributed by atoms with Crippen LogP contribution in [0.25, 0.3) is 22.0 Å². The Balaban J connectivity index is 1.75. The zero-order valence-corrected chi connectivity index (χ0v) is 14.8. The maximum atomic E-state index is 12.4. The van der Waals surface area contributed by atoms with Gasteiger partial charge in [-0.05, 0) is 41.8 Å². The van der Waals surface area contributed by atoms with Gasteiger partial charge in [-0.15, -0.1) is 13.2 Å². The average molecular weight is 397 g/mol. The molecule has 0 bridgehead atoms. The van der Waals surface area contributed by atoms with Gasteiger partial charge in [0.1, 0.15) is 11.6 Å². The molecule has 0 spiro atoms. The van der Waals surface area contributed by atoms with Crippen LogP contribution in [0.3, 0.4) is 0 Å². The Labute approximate surface area is 162 Å². The molecule has 0 saturated heterocycles. The van der Waals surface area contributed by atoms with Crippen molar-refractivity contribution in [1.82, 2.24) is 9.97 Å². The SMILES string of the molecule is O=c1[nH]ccc2cc(-c3ccccc3)nc(Nc3ccc(OC(F)(F)F)cc3)c12. The molecule has 0 amide bonds. The molecule has 0 aliphatic heterocycles. The second-order valence-electron chi connectivity index (χ2n) is 6.19. The summed E-state index contributed by atoms with van der Waals surface area (Å²) in [4.78, 5) is 19.5. The Morgan fingerprint density at radius 3 is 2.38 bits per heavy atom. The fraction of sp³-hybridized carbons (Fsp3) is 0.0476. The number of pyridine rings is 2. The van der Waals surface area contributed by atoms with Gasteiger partial charge in [0.2, 0.25) is 0 Å². The number of rotatable bonds is 4. The number of hydrogen-bond donors (Lipinski definition) is 2. The first-order chi connectivity index (χ1) is 13.9. The number of anilines is 2. The van der Waals surface area contributed by atoms with E-state index in [9.17, 15) is 18.0 Å². The number of ether oxygens (including phenoxy) is 1. The molecule has 0 atom stereocenters. The number of aromatic amines is 1. The third-order valence-electron chi connectivity index (χ3n) is 4.17. The first-order valence-electron chi connectivity index (χ1n) is 8.60. The van der Waals surface area contributed by atoms with Crippen LogP contribution < -0.4 is 15.6 Å². The molecular weight excluding hydrogens is 383 g/mol. The van der Waals surface area contributed by atoms with E-state index in [-0.39, 0.29) is 11.3 Å². The predicted molar refractivity (Wildman–Crippen MR) is 104 cm³/mol. The Hall–Kier alpha value is -3.81. The van der Waals surface area contributed by atoms with E-state index in [4.69, 9.17) is 0 Å². The van der Waals surface area contributed by atoms with Gasteiger partial charge in [0, 0.05) is 17.4 Å². The first kappa shape index (κ1) is 18.5. The molecule has 0 saturated carbocycles. The molecule has 8 heteroatoms. The van der Waals surface area contributed by atoms with E-state index in [2.05, 4.69) is 20.0 Å². The molecule has 2 aromatic heterocycles. The van der Waals surface area contributed by atoms with Crippen molar-refractivity contribution < 1.29 is 17.9 Å². The highest BCUT2D eigenvalue weighted by Crippen LogP contribution is 2.29. The van der Waals surface area contributed by atoms with Gasteiger partial charge in [-0.2, -0.15) is 0 Å². The number of nitrogens with zero attached hydrogens (tertiary/aromatic N) is 1. The van der Waals surface area contributed by atoms with Gasteiger partial charge in [-0.1, -0.05) is 30.3 Å². The molecule has 0 fully saturated rings. The van der Waals surface area contributed by atoms with Gasteiger partial charge in [0.05, 0.1) is 11.1 Å². The summed E-state index contributed by atoms with van der Waals surface area (Å²) in [5, 5.41) is 4.05. The Morgan fingerprint density at radius 1 is 0.966 bits per heavy atom. The van der Waals surface area contributed by atoms with Gasteiger partial charge < -0.3 is 15.0 Å². The van der Waals surface area contributed by atoms with Gasteiger partial charge in [0.15, 0.2) is 0 Å². The van der Waals surface area contributed by atoms with Crippen LogP contribution in [0, 0.1) is 0 Å². The smallest absolute Gasteiger partial charge is 0.406 e. The quantitative estimate of drug-likeness (QED) is 0.495. The van der Waals surface area contributed by atoms with Crippen LogP contribution in [0.15, 0.2) is 77.7 Å². The number of H-pyrrole nitrogens is 1. The molecule has 0 radical (unpaired) electrons. The van der Waals surface area contributed by atoms with E-state index in [1.807, 2.05) is 36.4 Å². The molecule has 2 aromatic carbocycles. The van der Waals surface area contributed by atoms with Crippen molar-refractivity contribution in [3.8, 4) is 17.0 Å². The third kappa shape index (κ3) is 4.21. The van der Waals surface area contributed by atoms with Crippen LogP contribution in [0.1, 0.15) is 0 Å². The van der Waals surface area contributed by atoms with Crippen molar-refractivity contribution in [2.75, 3.05) is 5.32 Å². The lowest BCUT2D eigenvalue weighted by atomic mass is 10.1. The lowest BCUT2D eigenvalue weighted by molar-refractivity contribution is -0.274. The normalized spacial score (nSPS) is 11.4. The molecule has 5 nitrogen and oxygen atoms in total. The summed E-state index contributed by atoms with van der Waals surface area (Å²) in [7, 11) is 0. The summed E-state index contributed by atoms with van der Waals surface area (Å²) in [5.41, 5.74) is 1.66. The number of nitrogens with one attached hydrogen (secondary N) is 2. The standard InChI is InChI=1S/C21H14F3N3O2/c22-21(23,24)29-16-8-6-15(7-9-16)26-19-18-14(10-11-25-20(18)28)12-17(27-19)13-4-2-1-3-5-13/h1-12H,(H,25,28)(H,26,27). The highest BCUT2D eigenvalue weighted by atomic mass is 19.4. The van der Waals surface area contributed by atoms with E-state index in [1.54, 1.807) is 12.3 Å². The van der Waals surface area contributed by atoms with E-state index >= 15 is 0 Å². The minimum Gasteiger partial charge on any atom is -0.406 e. The van der Waals surface area contributed by atoms with Crippen LogP contribution in [-0.2, 0) is 0 Å². The van der Waals surface area contributed by atoms with Crippen molar-refractivity contribution in [3.63, 3.8) is 0 Å². The zero-order chi connectivity index (χ0) is 20.4. The molecule has 0 aliphatic rings. The van der Waals surface area contributed by atoms with Crippen molar-refractivity contribution in [2.24, 2.45) is 0 Å². The minimum atomic E-state index is -4.76. The zero-order valence-electron chi connectivity index (χ0n) is 14.8. The van der Waals surface area contributed by atoms with E-state index in [0.29, 0.717) is 28.0 Å². The van der Waals surface area contributed by atoms with Crippen molar-refractivity contribution >= 4 is 22.3 Å². The van der Waals surface area contributed by atoms with Crippen molar-refractivity contribution in [2.45, 2.75) is 6.36 Å². The Kier molecular flexibility index (Phi) is 4.67. The minimum absolute atomic E-state index is 0.299.